The molecule has 198 valence electrons. The van der Waals surface area contributed by atoms with E-state index in [0.29, 0.717) is 36.6 Å². The van der Waals surface area contributed by atoms with Gasteiger partial charge in [0.1, 0.15) is 17.5 Å². The van der Waals surface area contributed by atoms with Gasteiger partial charge in [0.05, 0.1) is 26.2 Å². The lowest BCUT2D eigenvalue weighted by atomic mass is 10.1. The number of anilines is 1. The fraction of sp³-hybridized carbons (Fsp3) is 0.462. The summed E-state index contributed by atoms with van der Waals surface area (Å²) in [7, 11) is -0.440. The van der Waals surface area contributed by atoms with Crippen LogP contribution in [0.4, 0.5) is 5.69 Å². The number of likely N-dealkylation sites (N-methyl/N-ethyl adjacent to an activating group) is 1. The Labute approximate surface area is 214 Å². The normalized spacial score (nSPS) is 11.9. The van der Waals surface area contributed by atoms with Gasteiger partial charge in [-0.25, -0.2) is 8.42 Å². The molecular formula is C26H37N3O6S. The van der Waals surface area contributed by atoms with E-state index in [1.165, 1.54) is 11.4 Å². The second-order valence-electron chi connectivity index (χ2n) is 8.33. The van der Waals surface area contributed by atoms with Crippen LogP contribution < -0.4 is 19.1 Å². The SMILES string of the molecule is CCNC(=O)[C@H](CC)N(Cc1ccc(OC)cc1)C(=O)CCCN(c1ccc(OC)cc1)S(C)(=O)=O. The van der Waals surface area contributed by atoms with Crippen molar-refractivity contribution in [2.24, 2.45) is 0 Å². The molecule has 0 aliphatic carbocycles. The Morgan fingerprint density at radius 2 is 1.50 bits per heavy atom. The molecule has 0 spiro atoms. The standard InChI is InChI=1S/C26H37N3O6S/c1-6-24(26(31)27-7-2)28(19-20-10-14-22(34-3)15-11-20)25(30)9-8-18-29(36(5,32)33)21-12-16-23(35-4)17-13-21/h10-17,24H,6-9,18-19H2,1-5H3,(H,27,31)/t24-/m0/s1. The molecule has 0 aliphatic rings. The van der Waals surface area contributed by atoms with E-state index in [-0.39, 0.29) is 31.3 Å². The molecule has 0 aliphatic heterocycles. The van der Waals surface area contributed by atoms with Crippen LogP contribution in [0.3, 0.4) is 0 Å². The Kier molecular flexibility index (Phi) is 11.0. The number of rotatable bonds is 14. The minimum Gasteiger partial charge on any atom is -0.497 e. The number of hydrogen-bond acceptors (Lipinski definition) is 6. The van der Waals surface area contributed by atoms with Crippen molar-refractivity contribution in [2.45, 2.75) is 45.7 Å². The monoisotopic (exact) mass is 519 g/mol. The average molecular weight is 520 g/mol. The molecule has 2 aromatic carbocycles. The van der Waals surface area contributed by atoms with Crippen molar-refractivity contribution in [1.82, 2.24) is 10.2 Å². The highest BCUT2D eigenvalue weighted by Crippen LogP contribution is 2.23. The van der Waals surface area contributed by atoms with Crippen LogP contribution in [-0.4, -0.2) is 64.7 Å². The Bertz CT molecular complexity index is 1090. The third-order valence-electron chi connectivity index (χ3n) is 5.76. The number of ether oxygens (including phenoxy) is 2. The van der Waals surface area contributed by atoms with Crippen molar-refractivity contribution in [3.05, 3.63) is 54.1 Å². The van der Waals surface area contributed by atoms with Gasteiger partial charge in [0, 0.05) is 26.1 Å². The Morgan fingerprint density at radius 1 is 0.944 bits per heavy atom. The predicted molar refractivity (Wildman–Crippen MR) is 141 cm³/mol. The number of carbonyl (C=O) groups is 2. The lowest BCUT2D eigenvalue weighted by Crippen LogP contribution is -2.49. The molecule has 9 nitrogen and oxygen atoms in total. The van der Waals surface area contributed by atoms with E-state index in [9.17, 15) is 18.0 Å². The molecule has 2 amide bonds. The lowest BCUT2D eigenvalue weighted by molar-refractivity contribution is -0.141. The van der Waals surface area contributed by atoms with Gasteiger partial charge >= 0.3 is 0 Å². The molecule has 2 rings (SSSR count). The van der Waals surface area contributed by atoms with E-state index in [0.717, 1.165) is 11.8 Å². The van der Waals surface area contributed by atoms with Gasteiger partial charge in [0.15, 0.2) is 0 Å². The molecule has 1 N–H and O–H groups in total. The third kappa shape index (κ3) is 8.15. The molecule has 0 radical (unpaired) electrons. The van der Waals surface area contributed by atoms with Crippen molar-refractivity contribution in [1.29, 1.82) is 0 Å². The Balaban J connectivity index is 2.19. The highest BCUT2D eigenvalue weighted by molar-refractivity contribution is 7.92. The van der Waals surface area contributed by atoms with Crippen LogP contribution in [0.5, 0.6) is 11.5 Å². The van der Waals surface area contributed by atoms with E-state index >= 15 is 0 Å². The lowest BCUT2D eigenvalue weighted by Gasteiger charge is -2.31. The summed E-state index contributed by atoms with van der Waals surface area (Å²) >= 11 is 0. The average Bonchev–Trinajstić information content (AvgIpc) is 2.86. The van der Waals surface area contributed by atoms with Crippen LogP contribution in [-0.2, 0) is 26.2 Å². The zero-order chi connectivity index (χ0) is 26.7. The predicted octanol–water partition coefficient (Wildman–Crippen LogP) is 3.19. The van der Waals surface area contributed by atoms with Crippen molar-refractivity contribution in [3.8, 4) is 11.5 Å². The molecule has 0 unspecified atom stereocenters. The number of methoxy groups -OCH3 is 2. The van der Waals surface area contributed by atoms with Crippen LogP contribution >= 0.6 is 0 Å². The third-order valence-corrected chi connectivity index (χ3v) is 6.96. The molecule has 0 saturated carbocycles. The second-order valence-corrected chi connectivity index (χ2v) is 10.2. The molecule has 0 saturated heterocycles. The van der Waals surface area contributed by atoms with Crippen molar-refractivity contribution >= 4 is 27.5 Å². The van der Waals surface area contributed by atoms with Crippen molar-refractivity contribution in [3.63, 3.8) is 0 Å². The summed E-state index contributed by atoms with van der Waals surface area (Å²) in [5.41, 5.74) is 1.36. The minimum atomic E-state index is -3.56. The molecule has 0 heterocycles. The summed E-state index contributed by atoms with van der Waals surface area (Å²) in [4.78, 5) is 27.7. The van der Waals surface area contributed by atoms with Gasteiger partial charge in [-0.2, -0.15) is 0 Å². The number of benzene rings is 2. The van der Waals surface area contributed by atoms with E-state index in [1.54, 1.807) is 36.3 Å². The van der Waals surface area contributed by atoms with Gasteiger partial charge in [0.2, 0.25) is 21.8 Å². The maximum absolute atomic E-state index is 13.4. The first-order chi connectivity index (χ1) is 17.1. The maximum atomic E-state index is 13.4. The summed E-state index contributed by atoms with van der Waals surface area (Å²) in [6, 6.07) is 13.4. The van der Waals surface area contributed by atoms with Gasteiger partial charge in [-0.3, -0.25) is 13.9 Å². The fourth-order valence-electron chi connectivity index (χ4n) is 3.89. The molecule has 36 heavy (non-hydrogen) atoms. The number of hydrogen-bond donors (Lipinski definition) is 1. The van der Waals surface area contributed by atoms with Crippen LogP contribution in [0.2, 0.25) is 0 Å². The van der Waals surface area contributed by atoms with Crippen molar-refractivity contribution in [2.75, 3.05) is 37.9 Å². The largest absolute Gasteiger partial charge is 0.497 e. The first-order valence-electron chi connectivity index (χ1n) is 12.0. The summed E-state index contributed by atoms with van der Waals surface area (Å²) in [6.07, 6.45) is 1.98. The zero-order valence-electron chi connectivity index (χ0n) is 21.7. The molecule has 10 heteroatoms. The number of sulfonamides is 1. The van der Waals surface area contributed by atoms with Gasteiger partial charge < -0.3 is 19.7 Å². The number of nitrogens with zero attached hydrogens (tertiary/aromatic N) is 2. The molecule has 0 aromatic heterocycles. The number of nitrogens with one attached hydrogen (secondary N) is 1. The fourth-order valence-corrected chi connectivity index (χ4v) is 4.86. The van der Waals surface area contributed by atoms with E-state index in [2.05, 4.69) is 5.32 Å². The van der Waals surface area contributed by atoms with Gasteiger partial charge in [0.25, 0.3) is 0 Å². The Morgan fingerprint density at radius 3 is 1.97 bits per heavy atom. The number of amides is 2. The summed E-state index contributed by atoms with van der Waals surface area (Å²) < 4.78 is 36.5. The highest BCUT2D eigenvalue weighted by Gasteiger charge is 2.28. The van der Waals surface area contributed by atoms with Crippen LogP contribution in [0.1, 0.15) is 38.7 Å². The Hall–Kier alpha value is -3.27. The summed E-state index contributed by atoms with van der Waals surface area (Å²) in [5.74, 6) is 0.893. The van der Waals surface area contributed by atoms with Gasteiger partial charge in [-0.15, -0.1) is 0 Å². The first-order valence-corrected chi connectivity index (χ1v) is 13.8. The maximum Gasteiger partial charge on any atom is 0.242 e. The van der Waals surface area contributed by atoms with E-state index < -0.39 is 16.1 Å². The molecular weight excluding hydrogens is 482 g/mol. The quantitative estimate of drug-likeness (QED) is 0.411. The zero-order valence-corrected chi connectivity index (χ0v) is 22.5. The number of carbonyl (C=O) groups excluding carboxylic acids is 2. The molecule has 0 bridgehead atoms. The van der Waals surface area contributed by atoms with Gasteiger partial charge in [-0.1, -0.05) is 19.1 Å². The second kappa shape index (κ2) is 13.7. The summed E-state index contributed by atoms with van der Waals surface area (Å²) in [5, 5.41) is 2.81. The molecule has 2 aromatic rings. The van der Waals surface area contributed by atoms with Crippen LogP contribution in [0.25, 0.3) is 0 Å². The smallest absolute Gasteiger partial charge is 0.242 e. The van der Waals surface area contributed by atoms with Gasteiger partial charge in [-0.05, 0) is 61.7 Å². The topological polar surface area (TPSA) is 105 Å². The van der Waals surface area contributed by atoms with Crippen LogP contribution in [0, 0.1) is 0 Å². The first kappa shape index (κ1) is 29.0. The molecule has 1 atom stereocenters. The van der Waals surface area contributed by atoms with Crippen molar-refractivity contribution < 1.29 is 27.5 Å². The highest BCUT2D eigenvalue weighted by atomic mass is 32.2. The van der Waals surface area contributed by atoms with E-state index in [1.807, 2.05) is 38.1 Å². The van der Waals surface area contributed by atoms with E-state index in [4.69, 9.17) is 9.47 Å². The minimum absolute atomic E-state index is 0.0915. The van der Waals surface area contributed by atoms with Crippen LogP contribution in [0.15, 0.2) is 48.5 Å². The summed E-state index contributed by atoms with van der Waals surface area (Å²) in [6.45, 7) is 4.55. The molecule has 0 fully saturated rings.